The summed E-state index contributed by atoms with van der Waals surface area (Å²) in [7, 11) is 0. The largest absolute Gasteiger partial charge is 0.363 e. The molecule has 2 aromatic rings. The Hall–Kier alpha value is -1.65. The molecule has 0 radical (unpaired) electrons. The van der Waals surface area contributed by atoms with Crippen molar-refractivity contribution in [1.29, 1.82) is 0 Å². The second-order valence-corrected chi connectivity index (χ2v) is 4.13. The predicted octanol–water partition coefficient (Wildman–Crippen LogP) is 1.55. The molecule has 74 valence electrons. The molecule has 0 fully saturated rings. The minimum Gasteiger partial charge on any atom is -0.363 e. The van der Waals surface area contributed by atoms with E-state index in [9.17, 15) is 0 Å². The molecule has 2 heterocycles. The number of hydrogen-bond acceptors (Lipinski definition) is 4. The van der Waals surface area contributed by atoms with E-state index in [2.05, 4.69) is 36.1 Å². The lowest BCUT2D eigenvalue weighted by molar-refractivity contribution is 0.414. The molecule has 0 atom stereocenters. The van der Waals surface area contributed by atoms with Crippen molar-refractivity contribution in [2.75, 3.05) is 0 Å². The number of rotatable bonds is 1. The van der Waals surface area contributed by atoms with Gasteiger partial charge in [-0.05, 0) is 0 Å². The minimum absolute atomic E-state index is 0.0601. The Balaban J connectivity index is 2.51. The SMILES string of the molecule is CC(C)(C)c1nncn1-c1ccon1. The maximum absolute atomic E-state index is 4.78. The predicted molar refractivity (Wildman–Crippen MR) is 50.1 cm³/mol. The smallest absolute Gasteiger partial charge is 0.182 e. The van der Waals surface area contributed by atoms with Gasteiger partial charge in [-0.15, -0.1) is 10.2 Å². The van der Waals surface area contributed by atoms with Crippen LogP contribution in [0.15, 0.2) is 23.2 Å². The summed E-state index contributed by atoms with van der Waals surface area (Å²) < 4.78 is 6.60. The van der Waals surface area contributed by atoms with Crippen molar-refractivity contribution in [3.05, 3.63) is 24.5 Å². The third-order valence-electron chi connectivity index (χ3n) is 1.89. The zero-order valence-corrected chi connectivity index (χ0v) is 8.43. The van der Waals surface area contributed by atoms with Gasteiger partial charge in [0.05, 0.1) is 0 Å². The lowest BCUT2D eigenvalue weighted by atomic mass is 9.96. The van der Waals surface area contributed by atoms with Gasteiger partial charge in [0.15, 0.2) is 5.82 Å². The standard InChI is InChI=1S/C9H12N4O/c1-9(2,3)8-11-10-6-13(8)7-4-5-14-12-7/h4-6H,1-3H3. The number of nitrogens with zero attached hydrogens (tertiary/aromatic N) is 4. The van der Waals surface area contributed by atoms with E-state index in [0.717, 1.165) is 5.82 Å². The van der Waals surface area contributed by atoms with E-state index in [4.69, 9.17) is 4.52 Å². The molecule has 0 aliphatic rings. The second-order valence-electron chi connectivity index (χ2n) is 4.13. The fourth-order valence-corrected chi connectivity index (χ4v) is 1.24. The molecule has 0 aliphatic heterocycles. The van der Waals surface area contributed by atoms with E-state index in [1.165, 1.54) is 6.26 Å². The Bertz CT molecular complexity index is 410. The highest BCUT2D eigenvalue weighted by Gasteiger charge is 2.22. The summed E-state index contributed by atoms with van der Waals surface area (Å²) in [5, 5.41) is 11.8. The summed E-state index contributed by atoms with van der Waals surface area (Å²) in [4.78, 5) is 0. The number of hydrogen-bond donors (Lipinski definition) is 0. The Morgan fingerprint density at radius 2 is 2.14 bits per heavy atom. The molecule has 0 saturated carbocycles. The van der Waals surface area contributed by atoms with Crippen molar-refractivity contribution in [3.63, 3.8) is 0 Å². The Morgan fingerprint density at radius 3 is 2.71 bits per heavy atom. The zero-order chi connectivity index (χ0) is 10.2. The lowest BCUT2D eigenvalue weighted by Gasteiger charge is -2.16. The van der Waals surface area contributed by atoms with Crippen LogP contribution in [-0.2, 0) is 5.41 Å². The molecule has 2 aromatic heterocycles. The highest BCUT2D eigenvalue weighted by Crippen LogP contribution is 2.21. The van der Waals surface area contributed by atoms with Crippen LogP contribution in [0.1, 0.15) is 26.6 Å². The van der Waals surface area contributed by atoms with Crippen LogP contribution >= 0.6 is 0 Å². The Kier molecular flexibility index (Phi) is 1.87. The summed E-state index contributed by atoms with van der Waals surface area (Å²) in [5.41, 5.74) is -0.0601. The first kappa shape index (κ1) is 8.93. The van der Waals surface area contributed by atoms with E-state index < -0.39 is 0 Å². The van der Waals surface area contributed by atoms with Gasteiger partial charge in [0.25, 0.3) is 0 Å². The van der Waals surface area contributed by atoms with Crippen molar-refractivity contribution >= 4 is 0 Å². The molecule has 0 saturated heterocycles. The molecular weight excluding hydrogens is 180 g/mol. The van der Waals surface area contributed by atoms with Crippen LogP contribution in [-0.4, -0.2) is 19.9 Å². The van der Waals surface area contributed by atoms with Gasteiger partial charge >= 0.3 is 0 Å². The first-order chi connectivity index (χ1) is 6.59. The van der Waals surface area contributed by atoms with Crippen LogP contribution in [0, 0.1) is 0 Å². The van der Waals surface area contributed by atoms with E-state index >= 15 is 0 Å². The van der Waals surface area contributed by atoms with Gasteiger partial charge in [-0.3, -0.25) is 4.57 Å². The van der Waals surface area contributed by atoms with Crippen molar-refractivity contribution in [3.8, 4) is 5.82 Å². The third kappa shape index (κ3) is 1.41. The third-order valence-corrected chi connectivity index (χ3v) is 1.89. The van der Waals surface area contributed by atoms with E-state index in [1.54, 1.807) is 12.4 Å². The van der Waals surface area contributed by atoms with Crippen LogP contribution in [0.2, 0.25) is 0 Å². The average molecular weight is 192 g/mol. The lowest BCUT2D eigenvalue weighted by Crippen LogP contribution is -2.18. The highest BCUT2D eigenvalue weighted by atomic mass is 16.5. The first-order valence-corrected chi connectivity index (χ1v) is 4.40. The van der Waals surface area contributed by atoms with Gasteiger partial charge in [-0.25, -0.2) is 0 Å². The number of aromatic nitrogens is 4. The Labute approximate surface area is 81.7 Å². The molecule has 0 aliphatic carbocycles. The van der Waals surface area contributed by atoms with Crippen LogP contribution in [0.25, 0.3) is 5.82 Å². The van der Waals surface area contributed by atoms with Crippen molar-refractivity contribution < 1.29 is 4.52 Å². The fraction of sp³-hybridized carbons (Fsp3) is 0.444. The molecule has 0 amide bonds. The monoisotopic (exact) mass is 192 g/mol. The Morgan fingerprint density at radius 1 is 1.36 bits per heavy atom. The summed E-state index contributed by atoms with van der Waals surface area (Å²) in [6, 6.07) is 1.78. The summed E-state index contributed by atoms with van der Waals surface area (Å²) in [6.45, 7) is 6.23. The van der Waals surface area contributed by atoms with Gasteiger partial charge in [0.1, 0.15) is 18.4 Å². The summed E-state index contributed by atoms with van der Waals surface area (Å²) >= 11 is 0. The van der Waals surface area contributed by atoms with Crippen molar-refractivity contribution in [2.24, 2.45) is 0 Å². The normalized spacial score (nSPS) is 11.9. The molecule has 0 bridgehead atoms. The molecule has 0 unspecified atom stereocenters. The van der Waals surface area contributed by atoms with Crippen LogP contribution < -0.4 is 0 Å². The maximum Gasteiger partial charge on any atom is 0.182 e. The second kappa shape index (κ2) is 2.94. The van der Waals surface area contributed by atoms with Gasteiger partial charge in [0.2, 0.25) is 0 Å². The van der Waals surface area contributed by atoms with Crippen molar-refractivity contribution in [1.82, 2.24) is 19.9 Å². The van der Waals surface area contributed by atoms with Crippen LogP contribution in [0.5, 0.6) is 0 Å². The molecule has 0 N–H and O–H groups in total. The topological polar surface area (TPSA) is 56.7 Å². The van der Waals surface area contributed by atoms with Gasteiger partial charge in [-0.1, -0.05) is 25.9 Å². The molecule has 5 heteroatoms. The fourth-order valence-electron chi connectivity index (χ4n) is 1.24. The zero-order valence-electron chi connectivity index (χ0n) is 8.43. The van der Waals surface area contributed by atoms with Gasteiger partial charge in [0, 0.05) is 11.5 Å². The molecule has 14 heavy (non-hydrogen) atoms. The average Bonchev–Trinajstić information content (AvgIpc) is 2.73. The molecule has 2 rings (SSSR count). The van der Waals surface area contributed by atoms with Gasteiger partial charge in [-0.2, -0.15) is 0 Å². The molecule has 0 aromatic carbocycles. The van der Waals surface area contributed by atoms with E-state index in [1.807, 2.05) is 4.57 Å². The van der Waals surface area contributed by atoms with Crippen molar-refractivity contribution in [2.45, 2.75) is 26.2 Å². The first-order valence-electron chi connectivity index (χ1n) is 4.40. The van der Waals surface area contributed by atoms with Crippen LogP contribution in [0.4, 0.5) is 0 Å². The maximum atomic E-state index is 4.78. The summed E-state index contributed by atoms with van der Waals surface area (Å²) in [6.07, 6.45) is 3.17. The van der Waals surface area contributed by atoms with E-state index in [-0.39, 0.29) is 5.41 Å². The molecule has 5 nitrogen and oxygen atoms in total. The minimum atomic E-state index is -0.0601. The van der Waals surface area contributed by atoms with Crippen LogP contribution in [0.3, 0.4) is 0 Å². The van der Waals surface area contributed by atoms with E-state index in [0.29, 0.717) is 5.82 Å². The van der Waals surface area contributed by atoms with Gasteiger partial charge < -0.3 is 4.52 Å². The molecular formula is C9H12N4O. The molecule has 0 spiro atoms. The quantitative estimate of drug-likeness (QED) is 0.687. The summed E-state index contributed by atoms with van der Waals surface area (Å²) in [5.74, 6) is 1.58. The highest BCUT2D eigenvalue weighted by molar-refractivity contribution is 5.22.